The van der Waals surface area contributed by atoms with Gasteiger partial charge in [-0.15, -0.1) is 10.2 Å². The van der Waals surface area contributed by atoms with Crippen LogP contribution in [0.5, 0.6) is 0 Å². The fraction of sp³-hybridized carbons (Fsp3) is 0.688. The van der Waals surface area contributed by atoms with Gasteiger partial charge in [0.05, 0.1) is 6.04 Å². The molecular weight excluding hydrogens is 322 g/mol. The van der Waals surface area contributed by atoms with Crippen molar-refractivity contribution in [2.45, 2.75) is 52.1 Å². The minimum atomic E-state index is -0.255. The monoisotopic (exact) mass is 347 g/mol. The summed E-state index contributed by atoms with van der Waals surface area (Å²) < 4.78 is 2.11. The van der Waals surface area contributed by atoms with Crippen LogP contribution in [0.25, 0.3) is 0 Å². The number of aromatic nitrogens is 3. The normalized spacial score (nSPS) is 18.8. The predicted molar refractivity (Wildman–Crippen MR) is 91.7 cm³/mol. The van der Waals surface area contributed by atoms with Crippen molar-refractivity contribution in [2.75, 3.05) is 13.1 Å². The minimum Gasteiger partial charge on any atom is -0.341 e. The van der Waals surface area contributed by atoms with Crippen molar-refractivity contribution >= 4 is 17.5 Å². The summed E-state index contributed by atoms with van der Waals surface area (Å²) in [5, 5.41) is 18.9. The summed E-state index contributed by atoms with van der Waals surface area (Å²) in [7, 11) is 0. The Balaban J connectivity index is 1.79. The first-order valence-electron chi connectivity index (χ1n) is 8.83. The van der Waals surface area contributed by atoms with Crippen molar-refractivity contribution in [2.24, 2.45) is 11.0 Å². The van der Waals surface area contributed by atoms with Gasteiger partial charge in [0, 0.05) is 38.9 Å². The molecule has 2 aliphatic rings. The maximum Gasteiger partial charge on any atom is 0.268 e. The Morgan fingerprint density at radius 1 is 1.24 bits per heavy atom. The summed E-state index contributed by atoms with van der Waals surface area (Å²) in [5.41, 5.74) is 2.72. The van der Waals surface area contributed by atoms with Crippen LogP contribution in [0.15, 0.2) is 5.10 Å². The molecule has 0 radical (unpaired) electrons. The highest BCUT2D eigenvalue weighted by Crippen LogP contribution is 2.22. The van der Waals surface area contributed by atoms with Crippen LogP contribution >= 0.6 is 0 Å². The Kier molecular flexibility index (Phi) is 5.42. The second kappa shape index (κ2) is 7.73. The Morgan fingerprint density at radius 3 is 2.80 bits per heavy atom. The molecule has 0 unspecified atom stereocenters. The standard InChI is InChI=1S/C16H25N7O2/c1-10(2)9-12(18-16(25)11-3-4-14(24)21-19-11)15-22-20-13-5-6-17-7-8-23(13)15/h10,12,17H,3-9H2,1-2H3,(H,18,25)(H,21,24)/t12-/m0/s1. The smallest absolute Gasteiger partial charge is 0.268 e. The minimum absolute atomic E-state index is 0.162. The van der Waals surface area contributed by atoms with Crippen LogP contribution in [0.3, 0.4) is 0 Å². The number of hydrogen-bond acceptors (Lipinski definition) is 6. The van der Waals surface area contributed by atoms with E-state index >= 15 is 0 Å². The van der Waals surface area contributed by atoms with Gasteiger partial charge in [-0.05, 0) is 12.3 Å². The SMILES string of the molecule is CC(C)C[C@H](NC(=O)C1=NNC(=O)CC1)c1nnc2n1CCNCC2. The fourth-order valence-corrected chi connectivity index (χ4v) is 3.13. The molecule has 0 saturated carbocycles. The van der Waals surface area contributed by atoms with Crippen molar-refractivity contribution in [1.29, 1.82) is 0 Å². The number of carbonyl (C=O) groups excluding carboxylic acids is 2. The van der Waals surface area contributed by atoms with Gasteiger partial charge in [0.1, 0.15) is 11.5 Å². The van der Waals surface area contributed by atoms with Gasteiger partial charge in [-0.1, -0.05) is 13.8 Å². The lowest BCUT2D eigenvalue weighted by Crippen LogP contribution is -2.40. The molecule has 0 bridgehead atoms. The van der Waals surface area contributed by atoms with Crippen molar-refractivity contribution in [3.8, 4) is 0 Å². The van der Waals surface area contributed by atoms with Gasteiger partial charge in [0.2, 0.25) is 5.91 Å². The maximum absolute atomic E-state index is 12.6. The second-order valence-electron chi connectivity index (χ2n) is 6.88. The zero-order valence-electron chi connectivity index (χ0n) is 14.7. The molecule has 3 heterocycles. The van der Waals surface area contributed by atoms with Crippen molar-refractivity contribution in [1.82, 2.24) is 30.8 Å². The summed E-state index contributed by atoms with van der Waals surface area (Å²) in [6.07, 6.45) is 2.23. The van der Waals surface area contributed by atoms with Gasteiger partial charge in [-0.3, -0.25) is 9.59 Å². The van der Waals surface area contributed by atoms with Crippen LogP contribution in [-0.4, -0.2) is 45.4 Å². The molecule has 2 aliphatic heterocycles. The molecule has 1 atom stereocenters. The maximum atomic E-state index is 12.6. The lowest BCUT2D eigenvalue weighted by Gasteiger charge is -2.22. The van der Waals surface area contributed by atoms with Crippen LogP contribution in [0.2, 0.25) is 0 Å². The van der Waals surface area contributed by atoms with Crippen molar-refractivity contribution < 1.29 is 9.59 Å². The van der Waals surface area contributed by atoms with E-state index in [1.165, 1.54) is 0 Å². The largest absolute Gasteiger partial charge is 0.341 e. The van der Waals surface area contributed by atoms with Gasteiger partial charge < -0.3 is 15.2 Å². The molecule has 0 aromatic carbocycles. The molecule has 0 spiro atoms. The first kappa shape index (κ1) is 17.5. The third kappa shape index (κ3) is 4.22. The first-order valence-corrected chi connectivity index (χ1v) is 8.83. The Morgan fingerprint density at radius 2 is 2.08 bits per heavy atom. The molecule has 1 aromatic heterocycles. The van der Waals surface area contributed by atoms with Gasteiger partial charge in [0.15, 0.2) is 5.82 Å². The van der Waals surface area contributed by atoms with E-state index in [0.29, 0.717) is 18.1 Å². The molecule has 3 rings (SSSR count). The highest BCUT2D eigenvalue weighted by atomic mass is 16.2. The number of rotatable bonds is 5. The van der Waals surface area contributed by atoms with Gasteiger partial charge in [0.25, 0.3) is 5.91 Å². The molecule has 0 saturated heterocycles. The van der Waals surface area contributed by atoms with E-state index in [2.05, 4.69) is 49.8 Å². The molecule has 9 nitrogen and oxygen atoms in total. The summed E-state index contributed by atoms with van der Waals surface area (Å²) in [6.45, 7) is 6.76. The summed E-state index contributed by atoms with van der Waals surface area (Å²) in [5.74, 6) is 1.71. The number of amides is 2. The average Bonchev–Trinajstić information content (AvgIpc) is 2.83. The van der Waals surface area contributed by atoms with Crippen LogP contribution in [-0.2, 0) is 22.6 Å². The van der Waals surface area contributed by atoms with E-state index < -0.39 is 0 Å². The van der Waals surface area contributed by atoms with E-state index in [1.54, 1.807) is 0 Å². The van der Waals surface area contributed by atoms with Gasteiger partial charge >= 0.3 is 0 Å². The molecule has 136 valence electrons. The summed E-state index contributed by atoms with van der Waals surface area (Å²) >= 11 is 0. The molecule has 3 N–H and O–H groups in total. The average molecular weight is 347 g/mol. The number of nitrogens with zero attached hydrogens (tertiary/aromatic N) is 4. The van der Waals surface area contributed by atoms with E-state index in [9.17, 15) is 9.59 Å². The Bertz CT molecular complexity index is 680. The van der Waals surface area contributed by atoms with Crippen molar-refractivity contribution in [3.05, 3.63) is 11.6 Å². The number of carbonyl (C=O) groups is 2. The van der Waals surface area contributed by atoms with Crippen LogP contribution < -0.4 is 16.1 Å². The Hall–Kier alpha value is -2.29. The highest BCUT2D eigenvalue weighted by Gasteiger charge is 2.27. The zero-order chi connectivity index (χ0) is 17.8. The van der Waals surface area contributed by atoms with E-state index in [1.807, 2.05) is 0 Å². The second-order valence-corrected chi connectivity index (χ2v) is 6.88. The molecule has 25 heavy (non-hydrogen) atoms. The summed E-state index contributed by atoms with van der Waals surface area (Å²) in [6, 6.07) is -0.229. The zero-order valence-corrected chi connectivity index (χ0v) is 14.7. The van der Waals surface area contributed by atoms with Gasteiger partial charge in [-0.2, -0.15) is 5.10 Å². The van der Waals surface area contributed by atoms with Crippen LogP contribution in [0, 0.1) is 5.92 Å². The quantitative estimate of drug-likeness (QED) is 0.688. The third-order valence-corrected chi connectivity index (χ3v) is 4.38. The first-order chi connectivity index (χ1) is 12.0. The molecule has 9 heteroatoms. The number of hydrogen-bond donors (Lipinski definition) is 3. The molecular formula is C16H25N7O2. The third-order valence-electron chi connectivity index (χ3n) is 4.38. The highest BCUT2D eigenvalue weighted by molar-refractivity contribution is 6.39. The molecule has 2 amide bonds. The Labute approximate surface area is 146 Å². The molecule has 1 aromatic rings. The number of nitrogens with one attached hydrogen (secondary N) is 3. The lowest BCUT2D eigenvalue weighted by molar-refractivity contribution is -0.121. The van der Waals surface area contributed by atoms with E-state index in [0.717, 1.165) is 44.1 Å². The van der Waals surface area contributed by atoms with Crippen LogP contribution in [0.1, 0.15) is 50.8 Å². The lowest BCUT2D eigenvalue weighted by atomic mass is 10.0. The number of fused-ring (bicyclic) bond motifs is 1. The predicted octanol–water partition coefficient (Wildman–Crippen LogP) is -0.107. The fourth-order valence-electron chi connectivity index (χ4n) is 3.13. The van der Waals surface area contributed by atoms with E-state index in [4.69, 9.17) is 0 Å². The summed E-state index contributed by atoms with van der Waals surface area (Å²) in [4.78, 5) is 23.8. The molecule has 0 fully saturated rings. The van der Waals surface area contributed by atoms with Crippen LogP contribution in [0.4, 0.5) is 0 Å². The van der Waals surface area contributed by atoms with E-state index in [-0.39, 0.29) is 24.3 Å². The van der Waals surface area contributed by atoms with Gasteiger partial charge in [-0.25, -0.2) is 5.43 Å². The molecule has 0 aliphatic carbocycles. The topological polar surface area (TPSA) is 113 Å². The van der Waals surface area contributed by atoms with Crippen molar-refractivity contribution in [3.63, 3.8) is 0 Å². The number of hydrazone groups is 1.